The largest absolute Gasteiger partial charge is 0.483 e. The summed E-state index contributed by atoms with van der Waals surface area (Å²) >= 11 is 3.43. The van der Waals surface area contributed by atoms with E-state index in [1.54, 1.807) is 0 Å². The SMILES string of the molecule is CC(C)c1noc(COc2ccc(Br)cc2[C@@H](C)N)n1. The van der Waals surface area contributed by atoms with Gasteiger partial charge in [0.1, 0.15) is 5.75 Å². The Morgan fingerprint density at radius 1 is 1.35 bits per heavy atom. The van der Waals surface area contributed by atoms with E-state index < -0.39 is 0 Å². The first-order chi connectivity index (χ1) is 9.47. The zero-order valence-corrected chi connectivity index (χ0v) is 13.3. The molecular weight excluding hydrogens is 322 g/mol. The summed E-state index contributed by atoms with van der Waals surface area (Å²) in [4.78, 5) is 4.27. The van der Waals surface area contributed by atoms with Crippen molar-refractivity contribution in [1.29, 1.82) is 0 Å². The van der Waals surface area contributed by atoms with Gasteiger partial charge in [-0.1, -0.05) is 34.9 Å². The Labute approximate surface area is 126 Å². The van der Waals surface area contributed by atoms with Crippen LogP contribution in [0, 0.1) is 0 Å². The van der Waals surface area contributed by atoms with Crippen molar-refractivity contribution in [1.82, 2.24) is 10.1 Å². The van der Waals surface area contributed by atoms with Gasteiger partial charge in [0.2, 0.25) is 0 Å². The number of rotatable bonds is 5. The van der Waals surface area contributed by atoms with Gasteiger partial charge in [0.05, 0.1) is 0 Å². The van der Waals surface area contributed by atoms with Gasteiger partial charge in [-0.15, -0.1) is 0 Å². The maximum absolute atomic E-state index is 5.94. The van der Waals surface area contributed by atoms with Crippen molar-refractivity contribution in [2.45, 2.75) is 39.3 Å². The molecule has 0 aliphatic carbocycles. The first-order valence-corrected chi connectivity index (χ1v) is 7.27. The monoisotopic (exact) mass is 339 g/mol. The fraction of sp³-hybridized carbons (Fsp3) is 0.429. The minimum Gasteiger partial charge on any atom is -0.483 e. The zero-order chi connectivity index (χ0) is 14.7. The molecule has 1 aromatic heterocycles. The van der Waals surface area contributed by atoms with Crippen LogP contribution in [0.4, 0.5) is 0 Å². The lowest BCUT2D eigenvalue weighted by Crippen LogP contribution is -2.08. The fourth-order valence-electron chi connectivity index (χ4n) is 1.71. The van der Waals surface area contributed by atoms with E-state index in [0.29, 0.717) is 11.7 Å². The standard InChI is InChI=1S/C14H18BrN3O2/c1-8(2)14-17-13(20-18-14)7-19-12-5-4-10(15)6-11(12)9(3)16/h4-6,8-9H,7,16H2,1-3H3/t9-/m1/s1. The molecule has 20 heavy (non-hydrogen) atoms. The second-order valence-electron chi connectivity index (χ2n) is 4.96. The average molecular weight is 340 g/mol. The lowest BCUT2D eigenvalue weighted by Gasteiger charge is -2.13. The second kappa shape index (κ2) is 6.37. The molecule has 6 heteroatoms. The summed E-state index contributed by atoms with van der Waals surface area (Å²) in [6, 6.07) is 5.63. The van der Waals surface area contributed by atoms with E-state index in [1.165, 1.54) is 0 Å². The molecular formula is C14H18BrN3O2. The predicted octanol–water partition coefficient (Wildman–Crippen LogP) is 3.55. The molecule has 0 unspecified atom stereocenters. The molecule has 108 valence electrons. The van der Waals surface area contributed by atoms with Gasteiger partial charge in [-0.05, 0) is 25.1 Å². The van der Waals surface area contributed by atoms with Gasteiger partial charge in [0.25, 0.3) is 5.89 Å². The third kappa shape index (κ3) is 3.58. The molecule has 2 aromatic rings. The van der Waals surface area contributed by atoms with Crippen molar-refractivity contribution in [3.63, 3.8) is 0 Å². The molecule has 1 heterocycles. The maximum Gasteiger partial charge on any atom is 0.264 e. The lowest BCUT2D eigenvalue weighted by atomic mass is 10.1. The van der Waals surface area contributed by atoms with Crippen LogP contribution in [0.1, 0.15) is 50.0 Å². The predicted molar refractivity (Wildman–Crippen MR) is 79.5 cm³/mol. The summed E-state index contributed by atoms with van der Waals surface area (Å²) in [5.41, 5.74) is 6.88. The number of hydrogen-bond donors (Lipinski definition) is 1. The molecule has 0 radical (unpaired) electrons. The fourth-order valence-corrected chi connectivity index (χ4v) is 2.09. The van der Waals surface area contributed by atoms with Gasteiger partial charge in [0.15, 0.2) is 12.4 Å². The molecule has 2 N–H and O–H groups in total. The molecule has 5 nitrogen and oxygen atoms in total. The minimum atomic E-state index is -0.114. The highest BCUT2D eigenvalue weighted by Crippen LogP contribution is 2.28. The zero-order valence-electron chi connectivity index (χ0n) is 11.8. The molecule has 0 bridgehead atoms. The summed E-state index contributed by atoms with van der Waals surface area (Å²) in [6.07, 6.45) is 0. The van der Waals surface area contributed by atoms with Crippen LogP contribution in [-0.2, 0) is 6.61 Å². The van der Waals surface area contributed by atoms with Crippen LogP contribution in [0.5, 0.6) is 5.75 Å². The van der Waals surface area contributed by atoms with Crippen LogP contribution in [0.15, 0.2) is 27.2 Å². The van der Waals surface area contributed by atoms with Crippen molar-refractivity contribution >= 4 is 15.9 Å². The van der Waals surface area contributed by atoms with E-state index in [2.05, 4.69) is 26.1 Å². The Bertz CT molecular complexity index is 582. The van der Waals surface area contributed by atoms with Gasteiger partial charge >= 0.3 is 0 Å². The van der Waals surface area contributed by atoms with Crippen molar-refractivity contribution < 1.29 is 9.26 Å². The Morgan fingerprint density at radius 2 is 2.10 bits per heavy atom. The average Bonchev–Trinajstić information content (AvgIpc) is 2.86. The van der Waals surface area contributed by atoms with E-state index in [9.17, 15) is 0 Å². The normalized spacial score (nSPS) is 12.7. The maximum atomic E-state index is 5.94. The smallest absolute Gasteiger partial charge is 0.264 e. The molecule has 0 amide bonds. The summed E-state index contributed by atoms with van der Waals surface area (Å²) in [6.45, 7) is 6.18. The molecule has 1 atom stereocenters. The number of aromatic nitrogens is 2. The molecule has 0 aliphatic heterocycles. The molecule has 0 saturated carbocycles. The summed E-state index contributed by atoms with van der Waals surface area (Å²) in [7, 11) is 0. The Balaban J connectivity index is 2.10. The van der Waals surface area contributed by atoms with Crippen LogP contribution in [-0.4, -0.2) is 10.1 Å². The molecule has 0 aliphatic rings. The second-order valence-corrected chi connectivity index (χ2v) is 5.88. The number of halogens is 1. The summed E-state index contributed by atoms with van der Waals surface area (Å²) < 4.78 is 11.9. The number of ether oxygens (including phenoxy) is 1. The third-order valence-corrected chi connectivity index (χ3v) is 3.31. The Kier molecular flexibility index (Phi) is 4.77. The Hall–Kier alpha value is -1.40. The highest BCUT2D eigenvalue weighted by atomic mass is 79.9. The van der Waals surface area contributed by atoms with Crippen LogP contribution in [0.3, 0.4) is 0 Å². The first kappa shape index (κ1) is 15.0. The summed E-state index contributed by atoms with van der Waals surface area (Å²) in [5.74, 6) is 2.12. The van der Waals surface area contributed by atoms with Gasteiger partial charge in [-0.2, -0.15) is 4.98 Å². The van der Waals surface area contributed by atoms with Gasteiger partial charge in [-0.3, -0.25) is 0 Å². The quantitative estimate of drug-likeness (QED) is 0.901. The van der Waals surface area contributed by atoms with E-state index in [4.69, 9.17) is 15.0 Å². The topological polar surface area (TPSA) is 74.2 Å². The van der Waals surface area contributed by atoms with E-state index in [0.717, 1.165) is 15.8 Å². The molecule has 0 spiro atoms. The van der Waals surface area contributed by atoms with Gasteiger partial charge < -0.3 is 15.0 Å². The number of benzene rings is 1. The van der Waals surface area contributed by atoms with Crippen molar-refractivity contribution in [2.75, 3.05) is 0 Å². The van der Waals surface area contributed by atoms with Crippen molar-refractivity contribution in [2.24, 2.45) is 5.73 Å². The van der Waals surface area contributed by atoms with Crippen molar-refractivity contribution in [3.05, 3.63) is 40.0 Å². The van der Waals surface area contributed by atoms with E-state index in [1.807, 2.05) is 39.0 Å². The lowest BCUT2D eigenvalue weighted by molar-refractivity contribution is 0.240. The van der Waals surface area contributed by atoms with Crippen LogP contribution >= 0.6 is 15.9 Å². The summed E-state index contributed by atoms with van der Waals surface area (Å²) in [5, 5.41) is 3.90. The molecule has 0 fully saturated rings. The van der Waals surface area contributed by atoms with E-state index in [-0.39, 0.29) is 18.6 Å². The number of hydrogen-bond acceptors (Lipinski definition) is 5. The molecule has 2 rings (SSSR count). The van der Waals surface area contributed by atoms with Gasteiger partial charge in [0, 0.05) is 22.0 Å². The van der Waals surface area contributed by atoms with Crippen LogP contribution in [0.2, 0.25) is 0 Å². The Morgan fingerprint density at radius 3 is 2.70 bits per heavy atom. The number of nitrogens with zero attached hydrogens (tertiary/aromatic N) is 2. The van der Waals surface area contributed by atoms with E-state index >= 15 is 0 Å². The van der Waals surface area contributed by atoms with Crippen LogP contribution in [0.25, 0.3) is 0 Å². The first-order valence-electron chi connectivity index (χ1n) is 6.47. The molecule has 0 saturated heterocycles. The third-order valence-electron chi connectivity index (χ3n) is 2.81. The highest BCUT2D eigenvalue weighted by molar-refractivity contribution is 9.10. The van der Waals surface area contributed by atoms with Crippen LogP contribution < -0.4 is 10.5 Å². The number of nitrogens with two attached hydrogens (primary N) is 1. The van der Waals surface area contributed by atoms with Gasteiger partial charge in [-0.25, -0.2) is 0 Å². The van der Waals surface area contributed by atoms with Crippen molar-refractivity contribution in [3.8, 4) is 5.75 Å². The molecule has 1 aromatic carbocycles. The minimum absolute atomic E-state index is 0.114. The highest BCUT2D eigenvalue weighted by Gasteiger charge is 2.13.